The second-order valence-corrected chi connectivity index (χ2v) is 6.04. The van der Waals surface area contributed by atoms with E-state index >= 15 is 0 Å². The molecule has 7 heteroatoms. The minimum absolute atomic E-state index is 0.299. The number of carbonyl (C=O) groups is 1. The lowest BCUT2D eigenvalue weighted by atomic mass is 10.0. The number of nitrogens with zero attached hydrogens (tertiary/aromatic N) is 4. The Kier molecular flexibility index (Phi) is 4.26. The summed E-state index contributed by atoms with van der Waals surface area (Å²) in [6.07, 6.45) is 6.92. The first-order chi connectivity index (χ1) is 10.1. The van der Waals surface area contributed by atoms with Crippen LogP contribution in [0.4, 0.5) is 5.82 Å². The van der Waals surface area contributed by atoms with Crippen LogP contribution in [0.1, 0.15) is 25.7 Å². The monoisotopic (exact) mass is 310 g/mol. The highest BCUT2D eigenvalue weighted by Crippen LogP contribution is 2.27. The van der Waals surface area contributed by atoms with E-state index < -0.39 is 5.97 Å². The Labute approximate surface area is 128 Å². The number of likely N-dealkylation sites (tertiary alicyclic amines) is 1. The van der Waals surface area contributed by atoms with Crippen molar-refractivity contribution in [2.24, 2.45) is 0 Å². The SMILES string of the molecule is O=C(O)C1CCCN1C1CCN(c2cncc(Cl)n2)CC1. The molecule has 0 spiro atoms. The maximum absolute atomic E-state index is 11.3. The Morgan fingerprint density at radius 2 is 2.00 bits per heavy atom. The molecule has 3 rings (SSSR count). The molecule has 21 heavy (non-hydrogen) atoms. The highest BCUT2D eigenvalue weighted by atomic mass is 35.5. The van der Waals surface area contributed by atoms with Crippen LogP contribution in [0.2, 0.25) is 5.15 Å². The van der Waals surface area contributed by atoms with Gasteiger partial charge in [-0.05, 0) is 32.2 Å². The number of carboxylic acids is 1. The molecule has 1 N–H and O–H groups in total. The molecule has 0 radical (unpaired) electrons. The molecule has 0 saturated carbocycles. The van der Waals surface area contributed by atoms with Crippen molar-refractivity contribution < 1.29 is 9.90 Å². The van der Waals surface area contributed by atoms with Gasteiger partial charge < -0.3 is 10.0 Å². The lowest BCUT2D eigenvalue weighted by Crippen LogP contribution is -2.49. The van der Waals surface area contributed by atoms with Gasteiger partial charge in [0.1, 0.15) is 17.0 Å². The van der Waals surface area contributed by atoms with Crippen molar-refractivity contribution in [1.82, 2.24) is 14.9 Å². The number of anilines is 1. The molecule has 2 saturated heterocycles. The van der Waals surface area contributed by atoms with Gasteiger partial charge in [0.25, 0.3) is 0 Å². The number of rotatable bonds is 3. The zero-order valence-electron chi connectivity index (χ0n) is 11.8. The van der Waals surface area contributed by atoms with Gasteiger partial charge in [0.15, 0.2) is 0 Å². The van der Waals surface area contributed by atoms with E-state index in [-0.39, 0.29) is 6.04 Å². The maximum atomic E-state index is 11.3. The van der Waals surface area contributed by atoms with E-state index in [4.69, 9.17) is 11.6 Å². The standard InChI is InChI=1S/C14H19ClN4O2/c15-12-8-16-9-13(17-12)18-6-3-10(4-7-18)19-5-1-2-11(19)14(20)21/h8-11H,1-7H2,(H,20,21). The summed E-state index contributed by atoms with van der Waals surface area (Å²) in [6.45, 7) is 2.63. The van der Waals surface area contributed by atoms with Crippen molar-refractivity contribution in [1.29, 1.82) is 0 Å². The van der Waals surface area contributed by atoms with Crippen molar-refractivity contribution >= 4 is 23.4 Å². The summed E-state index contributed by atoms with van der Waals surface area (Å²) in [5.74, 6) is 0.118. The van der Waals surface area contributed by atoms with Gasteiger partial charge in [0.2, 0.25) is 0 Å². The Hall–Kier alpha value is -1.40. The number of halogens is 1. The largest absolute Gasteiger partial charge is 0.480 e. The second kappa shape index (κ2) is 6.15. The van der Waals surface area contributed by atoms with E-state index in [2.05, 4.69) is 19.8 Å². The van der Waals surface area contributed by atoms with Gasteiger partial charge in [-0.15, -0.1) is 0 Å². The average molecular weight is 311 g/mol. The van der Waals surface area contributed by atoms with E-state index in [9.17, 15) is 9.90 Å². The summed E-state index contributed by atoms with van der Waals surface area (Å²) < 4.78 is 0. The predicted molar refractivity (Wildman–Crippen MR) is 79.6 cm³/mol. The molecule has 1 unspecified atom stereocenters. The van der Waals surface area contributed by atoms with Gasteiger partial charge in [-0.3, -0.25) is 14.7 Å². The van der Waals surface area contributed by atoms with Crippen LogP contribution < -0.4 is 4.90 Å². The van der Waals surface area contributed by atoms with Crippen LogP contribution in [0, 0.1) is 0 Å². The Bertz CT molecular complexity index is 519. The maximum Gasteiger partial charge on any atom is 0.320 e. The molecular formula is C14H19ClN4O2. The van der Waals surface area contributed by atoms with E-state index in [1.165, 1.54) is 6.20 Å². The molecule has 2 fully saturated rings. The van der Waals surface area contributed by atoms with Gasteiger partial charge in [0.05, 0.1) is 12.4 Å². The first-order valence-corrected chi connectivity index (χ1v) is 7.74. The number of aliphatic carboxylic acids is 1. The molecule has 1 atom stereocenters. The molecule has 1 aromatic heterocycles. The van der Waals surface area contributed by atoms with Crippen LogP contribution >= 0.6 is 11.6 Å². The van der Waals surface area contributed by atoms with Crippen LogP contribution in [-0.4, -0.2) is 57.7 Å². The molecule has 3 heterocycles. The van der Waals surface area contributed by atoms with Crippen molar-refractivity contribution in [2.75, 3.05) is 24.5 Å². The van der Waals surface area contributed by atoms with Gasteiger partial charge in [-0.2, -0.15) is 0 Å². The predicted octanol–water partition coefficient (Wildman–Crippen LogP) is 1.65. The molecule has 2 aliphatic rings. The molecule has 0 aliphatic carbocycles. The van der Waals surface area contributed by atoms with Crippen molar-refractivity contribution in [3.8, 4) is 0 Å². The Morgan fingerprint density at radius 1 is 1.24 bits per heavy atom. The quantitative estimate of drug-likeness (QED) is 0.915. The number of hydrogen-bond acceptors (Lipinski definition) is 5. The van der Waals surface area contributed by atoms with Crippen LogP contribution in [-0.2, 0) is 4.79 Å². The normalized spacial score (nSPS) is 24.4. The third-order valence-corrected chi connectivity index (χ3v) is 4.61. The van der Waals surface area contributed by atoms with E-state index in [1.807, 2.05) is 0 Å². The van der Waals surface area contributed by atoms with E-state index in [1.54, 1.807) is 6.20 Å². The lowest BCUT2D eigenvalue weighted by Gasteiger charge is -2.38. The number of aromatic nitrogens is 2. The average Bonchev–Trinajstić information content (AvgIpc) is 2.97. The third-order valence-electron chi connectivity index (χ3n) is 4.43. The zero-order chi connectivity index (χ0) is 14.8. The summed E-state index contributed by atoms with van der Waals surface area (Å²) in [5.41, 5.74) is 0. The van der Waals surface area contributed by atoms with Crippen LogP contribution in [0.3, 0.4) is 0 Å². The highest BCUT2D eigenvalue weighted by molar-refractivity contribution is 6.29. The molecule has 114 valence electrons. The van der Waals surface area contributed by atoms with Crippen LogP contribution in [0.5, 0.6) is 0 Å². The van der Waals surface area contributed by atoms with Crippen LogP contribution in [0.25, 0.3) is 0 Å². The third kappa shape index (κ3) is 3.11. The van der Waals surface area contributed by atoms with Crippen molar-refractivity contribution in [2.45, 2.75) is 37.8 Å². The second-order valence-electron chi connectivity index (χ2n) is 5.65. The topological polar surface area (TPSA) is 69.6 Å². The molecule has 0 bridgehead atoms. The van der Waals surface area contributed by atoms with Gasteiger partial charge >= 0.3 is 5.97 Å². The fourth-order valence-electron chi connectivity index (χ4n) is 3.40. The first kappa shape index (κ1) is 14.5. The first-order valence-electron chi connectivity index (χ1n) is 7.36. The molecule has 6 nitrogen and oxygen atoms in total. The Morgan fingerprint density at radius 3 is 2.67 bits per heavy atom. The smallest absolute Gasteiger partial charge is 0.320 e. The van der Waals surface area contributed by atoms with Gasteiger partial charge in [0, 0.05) is 19.1 Å². The summed E-state index contributed by atoms with van der Waals surface area (Å²) in [4.78, 5) is 24.0. The molecule has 0 amide bonds. The molecule has 2 aliphatic heterocycles. The fraction of sp³-hybridized carbons (Fsp3) is 0.643. The number of piperidine rings is 1. The summed E-state index contributed by atoms with van der Waals surface area (Å²) in [6, 6.07) is 0.0597. The summed E-state index contributed by atoms with van der Waals surface area (Å²) >= 11 is 5.88. The van der Waals surface area contributed by atoms with Crippen LogP contribution in [0.15, 0.2) is 12.4 Å². The van der Waals surface area contributed by atoms with E-state index in [0.29, 0.717) is 11.2 Å². The number of carboxylic acid groups (broad SMARTS) is 1. The molecule has 0 aromatic carbocycles. The van der Waals surface area contributed by atoms with Gasteiger partial charge in [-0.1, -0.05) is 11.6 Å². The summed E-state index contributed by atoms with van der Waals surface area (Å²) in [7, 11) is 0. The number of hydrogen-bond donors (Lipinski definition) is 1. The molecule has 1 aromatic rings. The summed E-state index contributed by atoms with van der Waals surface area (Å²) in [5, 5.41) is 9.69. The minimum Gasteiger partial charge on any atom is -0.480 e. The fourth-order valence-corrected chi connectivity index (χ4v) is 3.55. The van der Waals surface area contributed by atoms with E-state index in [0.717, 1.165) is 51.1 Å². The zero-order valence-corrected chi connectivity index (χ0v) is 12.5. The van der Waals surface area contributed by atoms with Crippen molar-refractivity contribution in [3.63, 3.8) is 0 Å². The highest BCUT2D eigenvalue weighted by Gasteiger charge is 2.36. The molecular weight excluding hydrogens is 292 g/mol. The lowest BCUT2D eigenvalue weighted by molar-refractivity contribution is -0.143. The Balaban J connectivity index is 1.61. The van der Waals surface area contributed by atoms with Crippen molar-refractivity contribution in [3.05, 3.63) is 17.5 Å². The minimum atomic E-state index is -0.685. The van der Waals surface area contributed by atoms with Gasteiger partial charge in [-0.25, -0.2) is 4.98 Å².